The first-order valence-electron chi connectivity index (χ1n) is 19.7. The summed E-state index contributed by atoms with van der Waals surface area (Å²) in [4.78, 5) is 9.53. The third-order valence-corrected chi connectivity index (χ3v) is 12.1. The normalized spacial score (nSPS) is 12.1. The molecule has 0 atom stereocenters. The lowest BCUT2D eigenvalue weighted by molar-refractivity contribution is 1.10. The molecule has 0 radical (unpaired) electrons. The highest BCUT2D eigenvalue weighted by Gasteiger charge is 2.22. The Bertz CT molecular complexity index is 3680. The van der Waals surface area contributed by atoms with Crippen LogP contribution in [0.25, 0.3) is 110 Å². The van der Waals surface area contributed by atoms with Crippen LogP contribution in [0.15, 0.2) is 195 Å². The van der Waals surface area contributed by atoms with Crippen LogP contribution in [0, 0.1) is 0 Å². The maximum Gasteiger partial charge on any atom is 0.149 e. The second kappa shape index (κ2) is 11.8. The van der Waals surface area contributed by atoms with Gasteiger partial charge in [0.2, 0.25) is 0 Å². The van der Waals surface area contributed by atoms with E-state index in [0.717, 1.165) is 55.7 Å². The standard InChI is InChI=1S/C52H32N6/c1-6-16-44-37(11-1)38-12-2-7-17-45(38)55(44)33-21-25-35(26-22-33)57-48-20-10-5-15-41(48)42-29-30-49-50(51(42)57)43-31-53-32-54-52(43)58(49)36-27-23-34(24-28-36)56-46-18-8-3-13-39(46)40-14-4-9-19-47(40)56/h1-32H. The molecule has 5 heterocycles. The van der Waals surface area contributed by atoms with E-state index in [0.29, 0.717) is 0 Å². The Labute approximate surface area is 331 Å². The number of rotatable bonds is 4. The van der Waals surface area contributed by atoms with Crippen LogP contribution < -0.4 is 0 Å². The molecule has 0 bridgehead atoms. The summed E-state index contributed by atoms with van der Waals surface area (Å²) in [5.74, 6) is 0. The highest BCUT2D eigenvalue weighted by atomic mass is 15.1. The molecule has 0 saturated carbocycles. The van der Waals surface area contributed by atoms with Crippen LogP contribution in [0.1, 0.15) is 0 Å². The molecule has 13 aromatic rings. The summed E-state index contributed by atoms with van der Waals surface area (Å²) in [6.45, 7) is 0. The summed E-state index contributed by atoms with van der Waals surface area (Å²) in [5.41, 5.74) is 13.4. The summed E-state index contributed by atoms with van der Waals surface area (Å²) >= 11 is 0. The van der Waals surface area contributed by atoms with Gasteiger partial charge >= 0.3 is 0 Å². The molecule has 5 aromatic heterocycles. The Morgan fingerprint density at radius 2 is 0.672 bits per heavy atom. The van der Waals surface area contributed by atoms with Crippen LogP contribution >= 0.6 is 0 Å². The lowest BCUT2D eigenvalue weighted by Crippen LogP contribution is -1.98. The molecule has 58 heavy (non-hydrogen) atoms. The SMILES string of the molecule is c1ccc2c(c1)c1ccccc1n2-c1ccc(-n2c3ccc4c5ccccc5n(-c5ccc(-n6c7ccccc7c7ccccc76)cc5)c4c3c3cncnc32)cc1. The van der Waals surface area contributed by atoms with Gasteiger partial charge in [-0.3, -0.25) is 4.57 Å². The lowest BCUT2D eigenvalue weighted by atomic mass is 10.1. The van der Waals surface area contributed by atoms with Crippen molar-refractivity contribution in [3.05, 3.63) is 195 Å². The Morgan fingerprint density at radius 3 is 1.14 bits per heavy atom. The molecular weight excluding hydrogens is 709 g/mol. The number of para-hydroxylation sites is 5. The van der Waals surface area contributed by atoms with Crippen LogP contribution in [0.2, 0.25) is 0 Å². The zero-order valence-corrected chi connectivity index (χ0v) is 31.2. The van der Waals surface area contributed by atoms with Gasteiger partial charge in [0.25, 0.3) is 0 Å². The van der Waals surface area contributed by atoms with E-state index in [1.807, 2.05) is 6.20 Å². The average Bonchev–Trinajstić information content (AvgIpc) is 4.02. The van der Waals surface area contributed by atoms with Crippen molar-refractivity contribution < 1.29 is 0 Å². The van der Waals surface area contributed by atoms with Gasteiger partial charge in [0, 0.05) is 72.0 Å². The number of fused-ring (bicyclic) bond motifs is 13. The molecule has 6 heteroatoms. The van der Waals surface area contributed by atoms with Crippen LogP contribution in [0.5, 0.6) is 0 Å². The van der Waals surface area contributed by atoms with Gasteiger partial charge in [-0.1, -0.05) is 97.1 Å². The maximum absolute atomic E-state index is 4.94. The van der Waals surface area contributed by atoms with E-state index in [1.165, 1.54) is 54.4 Å². The highest BCUT2D eigenvalue weighted by molar-refractivity contribution is 6.25. The molecule has 0 aliphatic carbocycles. The molecule has 270 valence electrons. The number of benzene rings is 8. The van der Waals surface area contributed by atoms with Crippen molar-refractivity contribution in [1.82, 2.24) is 28.2 Å². The number of hydrogen-bond donors (Lipinski definition) is 0. The zero-order chi connectivity index (χ0) is 37.9. The zero-order valence-electron chi connectivity index (χ0n) is 31.2. The summed E-state index contributed by atoms with van der Waals surface area (Å²) in [6, 6.07) is 65.8. The molecule has 8 aromatic carbocycles. The summed E-state index contributed by atoms with van der Waals surface area (Å²) in [7, 11) is 0. The van der Waals surface area contributed by atoms with Gasteiger partial charge in [0.1, 0.15) is 12.0 Å². The van der Waals surface area contributed by atoms with Crippen LogP contribution in [0.3, 0.4) is 0 Å². The van der Waals surface area contributed by atoms with E-state index in [-0.39, 0.29) is 0 Å². The fourth-order valence-electron chi connectivity index (χ4n) is 9.72. The number of hydrogen-bond acceptors (Lipinski definition) is 2. The molecule has 13 rings (SSSR count). The molecule has 0 unspecified atom stereocenters. The summed E-state index contributed by atoms with van der Waals surface area (Å²) in [5, 5.41) is 9.56. The third kappa shape index (κ3) is 4.20. The summed E-state index contributed by atoms with van der Waals surface area (Å²) < 4.78 is 9.44. The first kappa shape index (κ1) is 31.3. The molecule has 0 spiro atoms. The second-order valence-electron chi connectivity index (χ2n) is 15.1. The van der Waals surface area contributed by atoms with Gasteiger partial charge in [-0.15, -0.1) is 0 Å². The third-order valence-electron chi connectivity index (χ3n) is 12.1. The maximum atomic E-state index is 4.94. The minimum Gasteiger partial charge on any atom is -0.309 e. The van der Waals surface area contributed by atoms with Gasteiger partial charge in [-0.2, -0.15) is 0 Å². The molecular formula is C52H32N6. The van der Waals surface area contributed by atoms with Crippen molar-refractivity contribution in [2.45, 2.75) is 0 Å². The molecule has 0 N–H and O–H groups in total. The Hall–Kier alpha value is -7.96. The molecule has 0 aliphatic rings. The minimum atomic E-state index is 0.876. The van der Waals surface area contributed by atoms with E-state index in [2.05, 4.69) is 205 Å². The molecule has 6 nitrogen and oxygen atoms in total. The predicted molar refractivity (Wildman–Crippen MR) is 239 cm³/mol. The lowest BCUT2D eigenvalue weighted by Gasteiger charge is -2.13. The van der Waals surface area contributed by atoms with Crippen LogP contribution in [0.4, 0.5) is 0 Å². The van der Waals surface area contributed by atoms with Gasteiger partial charge in [0.15, 0.2) is 0 Å². The van der Waals surface area contributed by atoms with Gasteiger partial charge in [0.05, 0.1) is 38.6 Å². The Kier molecular flexibility index (Phi) is 6.35. The quantitative estimate of drug-likeness (QED) is 0.180. The molecule has 0 saturated heterocycles. The van der Waals surface area contributed by atoms with Crippen LogP contribution in [-0.4, -0.2) is 28.2 Å². The van der Waals surface area contributed by atoms with Crippen LogP contribution in [-0.2, 0) is 0 Å². The van der Waals surface area contributed by atoms with E-state index in [1.54, 1.807) is 6.33 Å². The van der Waals surface area contributed by atoms with Crippen molar-refractivity contribution in [2.24, 2.45) is 0 Å². The van der Waals surface area contributed by atoms with Crippen molar-refractivity contribution in [3.63, 3.8) is 0 Å². The predicted octanol–water partition coefficient (Wildman–Crippen LogP) is 12.9. The highest BCUT2D eigenvalue weighted by Crippen LogP contribution is 2.42. The van der Waals surface area contributed by atoms with Gasteiger partial charge < -0.3 is 13.7 Å². The van der Waals surface area contributed by atoms with Gasteiger partial charge in [-0.25, -0.2) is 9.97 Å². The first-order valence-corrected chi connectivity index (χ1v) is 19.7. The van der Waals surface area contributed by atoms with Gasteiger partial charge in [-0.05, 0) is 84.9 Å². The Balaban J connectivity index is 1.02. The molecule has 0 amide bonds. The van der Waals surface area contributed by atoms with E-state index in [9.17, 15) is 0 Å². The van der Waals surface area contributed by atoms with E-state index < -0.39 is 0 Å². The minimum absolute atomic E-state index is 0.876. The molecule has 0 aliphatic heterocycles. The monoisotopic (exact) mass is 740 g/mol. The van der Waals surface area contributed by atoms with E-state index in [4.69, 9.17) is 4.98 Å². The Morgan fingerprint density at radius 1 is 0.293 bits per heavy atom. The largest absolute Gasteiger partial charge is 0.309 e. The summed E-state index contributed by atoms with van der Waals surface area (Å²) in [6.07, 6.45) is 3.63. The topological polar surface area (TPSA) is 45.5 Å². The first-order chi connectivity index (χ1) is 28.8. The van der Waals surface area contributed by atoms with E-state index >= 15 is 0 Å². The second-order valence-corrected chi connectivity index (χ2v) is 15.1. The van der Waals surface area contributed by atoms with Crippen molar-refractivity contribution >= 4 is 87.4 Å². The fourth-order valence-corrected chi connectivity index (χ4v) is 9.72. The van der Waals surface area contributed by atoms with Crippen molar-refractivity contribution in [2.75, 3.05) is 0 Å². The average molecular weight is 741 g/mol. The smallest absolute Gasteiger partial charge is 0.149 e. The number of nitrogens with zero attached hydrogens (tertiary/aromatic N) is 6. The molecule has 0 fully saturated rings. The van der Waals surface area contributed by atoms with Crippen molar-refractivity contribution in [3.8, 4) is 22.7 Å². The number of aromatic nitrogens is 6. The van der Waals surface area contributed by atoms with Crippen molar-refractivity contribution in [1.29, 1.82) is 0 Å². The fraction of sp³-hybridized carbons (Fsp3) is 0.